The molecule has 0 amide bonds. The fraction of sp³-hybridized carbons (Fsp3) is 0.625. The molecule has 62 valence electrons. The van der Waals surface area contributed by atoms with Crippen molar-refractivity contribution in [2.75, 3.05) is 12.4 Å². The van der Waals surface area contributed by atoms with E-state index in [-0.39, 0.29) is 0 Å². The van der Waals surface area contributed by atoms with E-state index in [0.717, 1.165) is 5.13 Å². The molecule has 1 N–H and O–H groups in total. The highest BCUT2D eigenvalue weighted by Gasteiger charge is 1.97. The summed E-state index contributed by atoms with van der Waals surface area (Å²) in [6.07, 6.45) is 5.67. The summed E-state index contributed by atoms with van der Waals surface area (Å²) in [6.45, 7) is 2.21. The van der Waals surface area contributed by atoms with Crippen molar-refractivity contribution in [2.24, 2.45) is 0 Å². The summed E-state index contributed by atoms with van der Waals surface area (Å²) >= 11 is 1.75. The topological polar surface area (TPSA) is 24.9 Å². The number of unbranched alkanes of at least 4 members (excludes halogenated alkanes) is 1. The highest BCUT2D eigenvalue weighted by atomic mass is 32.1. The van der Waals surface area contributed by atoms with Crippen LogP contribution in [0.1, 0.15) is 24.6 Å². The van der Waals surface area contributed by atoms with Gasteiger partial charge in [-0.25, -0.2) is 4.98 Å². The minimum Gasteiger partial charge on any atom is -0.365 e. The molecular formula is C8H14N2S. The quantitative estimate of drug-likeness (QED) is 0.751. The van der Waals surface area contributed by atoms with Gasteiger partial charge in [0, 0.05) is 18.1 Å². The van der Waals surface area contributed by atoms with E-state index < -0.39 is 0 Å². The maximum absolute atomic E-state index is 4.19. The summed E-state index contributed by atoms with van der Waals surface area (Å²) in [7, 11) is 1.91. The summed E-state index contributed by atoms with van der Waals surface area (Å²) < 4.78 is 0. The summed E-state index contributed by atoms with van der Waals surface area (Å²) in [5, 5.41) is 4.06. The Labute approximate surface area is 71.7 Å². The minimum absolute atomic E-state index is 1.02. The van der Waals surface area contributed by atoms with Gasteiger partial charge in [-0.05, 0) is 12.8 Å². The van der Waals surface area contributed by atoms with E-state index in [4.69, 9.17) is 0 Å². The van der Waals surface area contributed by atoms with Crippen LogP contribution in [0.2, 0.25) is 0 Å². The van der Waals surface area contributed by atoms with Crippen LogP contribution in [-0.4, -0.2) is 12.0 Å². The van der Waals surface area contributed by atoms with Gasteiger partial charge < -0.3 is 5.32 Å². The number of anilines is 1. The molecule has 2 nitrogen and oxygen atoms in total. The number of rotatable bonds is 4. The zero-order chi connectivity index (χ0) is 8.10. The zero-order valence-corrected chi connectivity index (χ0v) is 7.87. The molecule has 0 aliphatic heterocycles. The van der Waals surface area contributed by atoms with Crippen LogP contribution in [0.15, 0.2) is 6.20 Å². The van der Waals surface area contributed by atoms with E-state index >= 15 is 0 Å². The second kappa shape index (κ2) is 4.34. The van der Waals surface area contributed by atoms with Gasteiger partial charge in [0.05, 0.1) is 0 Å². The molecule has 11 heavy (non-hydrogen) atoms. The smallest absolute Gasteiger partial charge is 0.182 e. The summed E-state index contributed by atoms with van der Waals surface area (Å²) in [4.78, 5) is 5.58. The van der Waals surface area contributed by atoms with Gasteiger partial charge in [-0.15, -0.1) is 11.3 Å². The van der Waals surface area contributed by atoms with E-state index in [1.54, 1.807) is 11.3 Å². The van der Waals surface area contributed by atoms with Crippen molar-refractivity contribution in [1.82, 2.24) is 4.98 Å². The van der Waals surface area contributed by atoms with Gasteiger partial charge in [0.2, 0.25) is 0 Å². The molecule has 0 aliphatic rings. The van der Waals surface area contributed by atoms with Gasteiger partial charge in [0.1, 0.15) is 0 Å². The molecule has 0 spiro atoms. The molecule has 0 atom stereocenters. The third kappa shape index (κ3) is 2.50. The number of hydrogen-bond acceptors (Lipinski definition) is 3. The Balaban J connectivity index is 2.44. The molecule has 0 aromatic carbocycles. The SMILES string of the molecule is CCCCc1cnc(NC)s1. The monoisotopic (exact) mass is 170 g/mol. The predicted octanol–water partition coefficient (Wildman–Crippen LogP) is 2.53. The molecule has 1 aromatic heterocycles. The number of hydrogen-bond donors (Lipinski definition) is 1. The molecular weight excluding hydrogens is 156 g/mol. The highest BCUT2D eigenvalue weighted by molar-refractivity contribution is 7.15. The second-order valence-electron chi connectivity index (χ2n) is 2.49. The van der Waals surface area contributed by atoms with Crippen molar-refractivity contribution in [1.29, 1.82) is 0 Å². The van der Waals surface area contributed by atoms with Crippen LogP contribution < -0.4 is 5.32 Å². The molecule has 0 bridgehead atoms. The first-order valence-electron chi connectivity index (χ1n) is 3.99. The molecule has 1 aromatic rings. The van der Waals surface area contributed by atoms with Crippen molar-refractivity contribution >= 4 is 16.5 Å². The molecule has 0 aliphatic carbocycles. The summed E-state index contributed by atoms with van der Waals surface area (Å²) in [5.41, 5.74) is 0. The van der Waals surface area contributed by atoms with Crippen LogP contribution in [0.4, 0.5) is 5.13 Å². The Morgan fingerprint density at radius 2 is 2.45 bits per heavy atom. The lowest BCUT2D eigenvalue weighted by molar-refractivity contribution is 0.803. The first-order chi connectivity index (χ1) is 5.36. The number of aryl methyl sites for hydroxylation is 1. The van der Waals surface area contributed by atoms with Crippen LogP contribution in [0, 0.1) is 0 Å². The van der Waals surface area contributed by atoms with Crippen molar-refractivity contribution in [3.8, 4) is 0 Å². The number of nitrogens with one attached hydrogen (secondary N) is 1. The van der Waals surface area contributed by atoms with Gasteiger partial charge in [-0.2, -0.15) is 0 Å². The lowest BCUT2D eigenvalue weighted by Gasteiger charge is -1.91. The molecule has 1 heterocycles. The molecule has 0 saturated carbocycles. The lowest BCUT2D eigenvalue weighted by atomic mass is 10.2. The average Bonchev–Trinajstić information content (AvgIpc) is 2.48. The lowest BCUT2D eigenvalue weighted by Crippen LogP contribution is -1.83. The number of aromatic nitrogens is 1. The van der Waals surface area contributed by atoms with E-state index in [1.165, 1.54) is 24.1 Å². The fourth-order valence-electron chi connectivity index (χ4n) is 0.890. The van der Waals surface area contributed by atoms with Crippen LogP contribution in [0.25, 0.3) is 0 Å². The number of thiazole rings is 1. The molecule has 0 fully saturated rings. The van der Waals surface area contributed by atoms with E-state index in [9.17, 15) is 0 Å². The van der Waals surface area contributed by atoms with Crippen LogP contribution >= 0.6 is 11.3 Å². The third-order valence-electron chi connectivity index (χ3n) is 1.54. The first kappa shape index (κ1) is 8.53. The molecule has 0 radical (unpaired) electrons. The van der Waals surface area contributed by atoms with Crippen molar-refractivity contribution in [3.63, 3.8) is 0 Å². The maximum Gasteiger partial charge on any atom is 0.182 e. The minimum atomic E-state index is 1.02. The largest absolute Gasteiger partial charge is 0.365 e. The maximum atomic E-state index is 4.19. The molecule has 1 rings (SSSR count). The Kier molecular flexibility index (Phi) is 3.36. The van der Waals surface area contributed by atoms with Gasteiger partial charge in [0.15, 0.2) is 5.13 Å². The Bertz CT molecular complexity index is 208. The first-order valence-corrected chi connectivity index (χ1v) is 4.81. The summed E-state index contributed by atoms with van der Waals surface area (Å²) in [5.74, 6) is 0. The second-order valence-corrected chi connectivity index (χ2v) is 3.60. The van der Waals surface area contributed by atoms with Crippen molar-refractivity contribution in [3.05, 3.63) is 11.1 Å². The Morgan fingerprint density at radius 3 is 3.00 bits per heavy atom. The van der Waals surface area contributed by atoms with Crippen molar-refractivity contribution < 1.29 is 0 Å². The van der Waals surface area contributed by atoms with Crippen LogP contribution in [0.5, 0.6) is 0 Å². The van der Waals surface area contributed by atoms with Crippen molar-refractivity contribution in [2.45, 2.75) is 26.2 Å². The Morgan fingerprint density at radius 1 is 1.64 bits per heavy atom. The average molecular weight is 170 g/mol. The van der Waals surface area contributed by atoms with Gasteiger partial charge in [-0.1, -0.05) is 13.3 Å². The molecule has 0 saturated heterocycles. The highest BCUT2D eigenvalue weighted by Crippen LogP contribution is 2.18. The van der Waals surface area contributed by atoms with Gasteiger partial charge >= 0.3 is 0 Å². The van der Waals surface area contributed by atoms with Gasteiger partial charge in [0.25, 0.3) is 0 Å². The van der Waals surface area contributed by atoms with E-state index in [1.807, 2.05) is 13.2 Å². The number of nitrogens with zero attached hydrogens (tertiary/aromatic N) is 1. The standard InChI is InChI=1S/C8H14N2S/c1-3-4-5-7-6-10-8(9-2)11-7/h6H,3-5H2,1-2H3,(H,9,10). The third-order valence-corrected chi connectivity index (χ3v) is 2.62. The van der Waals surface area contributed by atoms with E-state index in [2.05, 4.69) is 17.2 Å². The molecule has 0 unspecified atom stereocenters. The van der Waals surface area contributed by atoms with Crippen LogP contribution in [0.3, 0.4) is 0 Å². The van der Waals surface area contributed by atoms with E-state index in [0.29, 0.717) is 0 Å². The predicted molar refractivity (Wildman–Crippen MR) is 50.3 cm³/mol. The zero-order valence-electron chi connectivity index (χ0n) is 7.05. The van der Waals surface area contributed by atoms with Crippen LogP contribution in [-0.2, 0) is 6.42 Å². The Hall–Kier alpha value is -0.570. The normalized spacial score (nSPS) is 10.0. The molecule has 3 heteroatoms. The fourth-order valence-corrected chi connectivity index (χ4v) is 1.70. The summed E-state index contributed by atoms with van der Waals surface area (Å²) in [6, 6.07) is 0. The van der Waals surface area contributed by atoms with Gasteiger partial charge in [-0.3, -0.25) is 0 Å².